The molecular weight excluding hydrogens is 455 g/mol. The Balaban J connectivity index is 1.30. The van der Waals surface area contributed by atoms with E-state index in [-0.39, 0.29) is 34.6 Å². The van der Waals surface area contributed by atoms with Gasteiger partial charge in [-0.1, -0.05) is 23.9 Å². The second-order valence-corrected chi connectivity index (χ2v) is 9.52. The van der Waals surface area contributed by atoms with E-state index in [2.05, 4.69) is 15.3 Å². The minimum Gasteiger partial charge on any atom is -0.411 e. The van der Waals surface area contributed by atoms with Crippen molar-refractivity contribution in [1.82, 2.24) is 15.2 Å². The number of hydrogen-bond donors (Lipinski definition) is 0. The lowest BCUT2D eigenvalue weighted by molar-refractivity contribution is -0.130. The zero-order chi connectivity index (χ0) is 21.2. The molecule has 1 atom stereocenters. The average molecular weight is 471 g/mol. The molecular formula is C21H15FN4O2S3. The standard InChI is InChI=1S/C21H15FN4O2S3/c22-14-7-5-13(6-8-14)20-23-24-21(28-20)31-12-19(27)26-16(18-4-2-10-30-18)11-15(25-26)17-3-1-9-29-17/h1-10,16H,11-12H2/t16-/m0/s1. The third-order valence-electron chi connectivity index (χ3n) is 4.66. The molecule has 0 saturated carbocycles. The second-order valence-electron chi connectivity index (χ2n) is 6.67. The third-order valence-corrected chi connectivity index (χ3v) is 7.36. The Bertz CT molecular complexity index is 1200. The van der Waals surface area contributed by atoms with Gasteiger partial charge < -0.3 is 4.42 Å². The number of hydrogen-bond acceptors (Lipinski definition) is 8. The predicted molar refractivity (Wildman–Crippen MR) is 120 cm³/mol. The van der Waals surface area contributed by atoms with Crippen molar-refractivity contribution in [1.29, 1.82) is 0 Å². The number of nitrogens with zero attached hydrogens (tertiary/aromatic N) is 4. The highest BCUT2D eigenvalue weighted by Gasteiger charge is 2.34. The van der Waals surface area contributed by atoms with Crippen molar-refractivity contribution < 1.29 is 13.6 Å². The largest absolute Gasteiger partial charge is 0.411 e. The molecule has 0 radical (unpaired) electrons. The summed E-state index contributed by atoms with van der Waals surface area (Å²) in [4.78, 5) is 15.2. The molecule has 1 aromatic carbocycles. The van der Waals surface area contributed by atoms with Crippen molar-refractivity contribution in [3.05, 3.63) is 74.9 Å². The number of aromatic nitrogens is 2. The van der Waals surface area contributed by atoms with Crippen LogP contribution < -0.4 is 0 Å². The Hall–Kier alpha value is -2.82. The third kappa shape index (κ3) is 4.32. The maximum absolute atomic E-state index is 13.1. The number of thiophene rings is 2. The highest BCUT2D eigenvalue weighted by molar-refractivity contribution is 7.99. The fourth-order valence-electron chi connectivity index (χ4n) is 3.20. The molecule has 156 valence electrons. The highest BCUT2D eigenvalue weighted by atomic mass is 32.2. The minimum atomic E-state index is -0.336. The van der Waals surface area contributed by atoms with Crippen LogP contribution in [0.15, 0.2) is 74.0 Å². The van der Waals surface area contributed by atoms with E-state index < -0.39 is 0 Å². The zero-order valence-corrected chi connectivity index (χ0v) is 18.4. The van der Waals surface area contributed by atoms with Crippen LogP contribution in [-0.4, -0.2) is 32.6 Å². The van der Waals surface area contributed by atoms with Crippen LogP contribution in [0.3, 0.4) is 0 Å². The second kappa shape index (κ2) is 8.74. The first-order valence-electron chi connectivity index (χ1n) is 9.36. The lowest BCUT2D eigenvalue weighted by Crippen LogP contribution is -2.28. The van der Waals surface area contributed by atoms with Crippen molar-refractivity contribution in [2.24, 2.45) is 5.10 Å². The van der Waals surface area contributed by atoms with E-state index >= 15 is 0 Å². The van der Waals surface area contributed by atoms with Gasteiger partial charge in [0.25, 0.3) is 11.1 Å². The van der Waals surface area contributed by atoms with Crippen LogP contribution in [0.5, 0.6) is 0 Å². The zero-order valence-electron chi connectivity index (χ0n) is 16.0. The van der Waals surface area contributed by atoms with E-state index in [0.717, 1.165) is 27.2 Å². The average Bonchev–Trinajstić information content (AvgIpc) is 3.58. The quantitative estimate of drug-likeness (QED) is 0.350. The number of rotatable bonds is 6. The molecule has 0 N–H and O–H groups in total. The summed E-state index contributed by atoms with van der Waals surface area (Å²) in [5.41, 5.74) is 1.54. The summed E-state index contributed by atoms with van der Waals surface area (Å²) in [5, 5.41) is 18.5. The minimum absolute atomic E-state index is 0.109. The Morgan fingerprint density at radius 3 is 2.68 bits per heavy atom. The molecule has 4 heterocycles. The van der Waals surface area contributed by atoms with Gasteiger partial charge in [-0.3, -0.25) is 4.79 Å². The predicted octanol–water partition coefficient (Wildman–Crippen LogP) is 5.47. The summed E-state index contributed by atoms with van der Waals surface area (Å²) < 4.78 is 18.7. The van der Waals surface area contributed by atoms with Crippen LogP contribution in [0.2, 0.25) is 0 Å². The summed E-state index contributed by atoms with van der Waals surface area (Å²) in [6, 6.07) is 13.7. The van der Waals surface area contributed by atoms with Gasteiger partial charge >= 0.3 is 0 Å². The van der Waals surface area contributed by atoms with E-state index in [9.17, 15) is 9.18 Å². The summed E-state index contributed by atoms with van der Waals surface area (Å²) in [7, 11) is 0. The van der Waals surface area contributed by atoms with E-state index in [0.29, 0.717) is 12.0 Å². The van der Waals surface area contributed by atoms with Gasteiger partial charge in [0.05, 0.1) is 22.4 Å². The molecule has 4 aromatic rings. The summed E-state index contributed by atoms with van der Waals surface area (Å²) >= 11 is 4.40. The smallest absolute Gasteiger partial charge is 0.277 e. The molecule has 10 heteroatoms. The van der Waals surface area contributed by atoms with Crippen LogP contribution >= 0.6 is 34.4 Å². The lowest BCUT2D eigenvalue weighted by atomic mass is 10.1. The lowest BCUT2D eigenvalue weighted by Gasteiger charge is -2.20. The van der Waals surface area contributed by atoms with Gasteiger partial charge in [-0.25, -0.2) is 9.40 Å². The first-order chi connectivity index (χ1) is 15.2. The van der Waals surface area contributed by atoms with Gasteiger partial charge in [-0.15, -0.1) is 32.9 Å². The normalized spacial score (nSPS) is 16.0. The van der Waals surface area contributed by atoms with Crippen LogP contribution in [0, 0.1) is 5.82 Å². The molecule has 0 bridgehead atoms. The maximum atomic E-state index is 13.1. The van der Waals surface area contributed by atoms with Crippen molar-refractivity contribution in [2.45, 2.75) is 17.7 Å². The number of carbonyl (C=O) groups is 1. The van der Waals surface area contributed by atoms with Gasteiger partial charge in [-0.05, 0) is 47.2 Å². The van der Waals surface area contributed by atoms with Gasteiger partial charge in [-0.2, -0.15) is 5.10 Å². The molecule has 0 saturated heterocycles. The molecule has 5 rings (SSSR count). The summed E-state index contributed by atoms with van der Waals surface area (Å²) in [5.74, 6) is -0.0624. The monoisotopic (exact) mass is 470 g/mol. The highest BCUT2D eigenvalue weighted by Crippen LogP contribution is 2.36. The van der Waals surface area contributed by atoms with E-state index in [1.807, 2.05) is 35.0 Å². The Morgan fingerprint density at radius 1 is 1.13 bits per heavy atom. The van der Waals surface area contributed by atoms with Crippen LogP contribution in [-0.2, 0) is 4.79 Å². The summed E-state index contributed by atoms with van der Waals surface area (Å²) in [6.45, 7) is 0. The Kier molecular flexibility index (Phi) is 5.66. The van der Waals surface area contributed by atoms with Gasteiger partial charge in [0.2, 0.25) is 5.89 Å². The Labute approximate surface area is 189 Å². The number of hydrazone groups is 1. The van der Waals surface area contributed by atoms with Gasteiger partial charge in [0.15, 0.2) is 0 Å². The Morgan fingerprint density at radius 2 is 1.94 bits per heavy atom. The first kappa shape index (κ1) is 20.1. The molecule has 6 nitrogen and oxygen atoms in total. The topological polar surface area (TPSA) is 71.6 Å². The maximum Gasteiger partial charge on any atom is 0.277 e. The number of amides is 1. The van der Waals surface area contributed by atoms with E-state index in [1.165, 1.54) is 12.1 Å². The SMILES string of the molecule is O=C(CSc1nnc(-c2ccc(F)cc2)o1)N1N=C(c2cccs2)C[C@H]1c1cccs1. The van der Waals surface area contributed by atoms with Crippen molar-refractivity contribution in [3.63, 3.8) is 0 Å². The van der Waals surface area contributed by atoms with Gasteiger partial charge in [0.1, 0.15) is 5.82 Å². The van der Waals surface area contributed by atoms with Crippen molar-refractivity contribution in [2.75, 3.05) is 5.75 Å². The molecule has 0 fully saturated rings. The number of halogens is 1. The number of benzene rings is 1. The molecule has 0 aliphatic carbocycles. The molecule has 0 unspecified atom stereocenters. The number of carbonyl (C=O) groups excluding carboxylic acids is 1. The molecule has 3 aromatic heterocycles. The van der Waals surface area contributed by atoms with E-state index in [1.54, 1.807) is 39.8 Å². The van der Waals surface area contributed by atoms with Crippen LogP contribution in [0.25, 0.3) is 11.5 Å². The van der Waals surface area contributed by atoms with Crippen molar-refractivity contribution >= 4 is 46.1 Å². The van der Waals surface area contributed by atoms with Crippen molar-refractivity contribution in [3.8, 4) is 11.5 Å². The summed E-state index contributed by atoms with van der Waals surface area (Å²) in [6.07, 6.45) is 0.687. The number of thioether (sulfide) groups is 1. The van der Waals surface area contributed by atoms with Gasteiger partial charge in [0, 0.05) is 16.9 Å². The first-order valence-corrected chi connectivity index (χ1v) is 12.1. The van der Waals surface area contributed by atoms with Crippen LogP contribution in [0.4, 0.5) is 4.39 Å². The molecule has 1 aliphatic rings. The molecule has 1 amide bonds. The van der Waals surface area contributed by atoms with Crippen LogP contribution in [0.1, 0.15) is 22.2 Å². The molecule has 0 spiro atoms. The fraction of sp³-hybridized carbons (Fsp3) is 0.143. The molecule has 31 heavy (non-hydrogen) atoms. The molecule has 1 aliphatic heterocycles. The fourth-order valence-corrected chi connectivity index (χ4v) is 5.35. The van der Waals surface area contributed by atoms with E-state index in [4.69, 9.17) is 4.42 Å².